The molecule has 1 spiro atoms. The van der Waals surface area contributed by atoms with Crippen LogP contribution in [0.25, 0.3) is 0 Å². The van der Waals surface area contributed by atoms with E-state index in [-0.39, 0.29) is 11.7 Å². The molecule has 9 heteroatoms. The average Bonchev–Trinajstić information content (AvgIpc) is 3.13. The zero-order chi connectivity index (χ0) is 19.4. The third-order valence-electron chi connectivity index (χ3n) is 4.85. The van der Waals surface area contributed by atoms with Gasteiger partial charge in [0.05, 0.1) is 38.5 Å². The van der Waals surface area contributed by atoms with Gasteiger partial charge in [-0.2, -0.15) is 0 Å². The van der Waals surface area contributed by atoms with E-state index in [4.69, 9.17) is 9.47 Å². The Kier molecular flexibility index (Phi) is 5.86. The summed E-state index contributed by atoms with van der Waals surface area (Å²) < 4.78 is 25.9. The summed E-state index contributed by atoms with van der Waals surface area (Å²) in [5.41, 5.74) is 0.167. The largest absolute Gasteiger partial charge is 0.347 e. The summed E-state index contributed by atoms with van der Waals surface area (Å²) in [6.45, 7) is 3.82. The third-order valence-corrected chi connectivity index (χ3v) is 5.62. The highest BCUT2D eigenvalue weighted by Gasteiger charge is 2.42. The number of para-hydroxylation sites is 1. The van der Waals surface area contributed by atoms with E-state index in [1.54, 1.807) is 40.6 Å². The molecule has 3 heterocycles. The number of nitrogens with zero attached hydrogens (tertiary/aromatic N) is 3. The standard InChI is InChI=1S/C19H23FN4O3S/c20-15-4-1-2-5-16(15)22-18(25)24-8-10-27-19(14-24)13-23(7-3-9-26-19)12-17-21-6-11-28-17/h1-2,4-6,11H,3,7-10,12-14H2,(H,22,25). The number of amides is 2. The van der Waals surface area contributed by atoms with Gasteiger partial charge in [0.25, 0.3) is 0 Å². The Hall–Kier alpha value is -2.07. The molecule has 1 aromatic carbocycles. The Morgan fingerprint density at radius 1 is 1.25 bits per heavy atom. The third kappa shape index (κ3) is 4.49. The maximum atomic E-state index is 13.9. The van der Waals surface area contributed by atoms with Crippen LogP contribution in [0.5, 0.6) is 0 Å². The van der Waals surface area contributed by atoms with Gasteiger partial charge in [-0.25, -0.2) is 14.2 Å². The number of carbonyl (C=O) groups is 1. The minimum Gasteiger partial charge on any atom is -0.347 e. The molecule has 0 saturated carbocycles. The van der Waals surface area contributed by atoms with Gasteiger partial charge in [-0.3, -0.25) is 4.90 Å². The summed E-state index contributed by atoms with van der Waals surface area (Å²) in [4.78, 5) is 20.9. The van der Waals surface area contributed by atoms with Crippen molar-refractivity contribution in [2.24, 2.45) is 0 Å². The number of morpholine rings is 1. The summed E-state index contributed by atoms with van der Waals surface area (Å²) >= 11 is 1.62. The van der Waals surface area contributed by atoms with Crippen LogP contribution in [0.3, 0.4) is 0 Å². The summed E-state index contributed by atoms with van der Waals surface area (Å²) in [7, 11) is 0. The van der Waals surface area contributed by atoms with Crippen molar-refractivity contribution >= 4 is 23.1 Å². The van der Waals surface area contributed by atoms with Crippen molar-refractivity contribution in [1.82, 2.24) is 14.8 Å². The number of benzene rings is 1. The predicted octanol–water partition coefficient (Wildman–Crippen LogP) is 2.77. The first-order valence-corrected chi connectivity index (χ1v) is 10.2. The number of aromatic nitrogens is 1. The second-order valence-electron chi connectivity index (χ2n) is 6.93. The van der Waals surface area contributed by atoms with Gasteiger partial charge in [-0.1, -0.05) is 12.1 Å². The highest BCUT2D eigenvalue weighted by atomic mass is 32.1. The van der Waals surface area contributed by atoms with Gasteiger partial charge >= 0.3 is 6.03 Å². The molecule has 150 valence electrons. The summed E-state index contributed by atoms with van der Waals surface area (Å²) in [5.74, 6) is -1.34. The number of urea groups is 1. The lowest BCUT2D eigenvalue weighted by atomic mass is 10.2. The van der Waals surface area contributed by atoms with Crippen LogP contribution < -0.4 is 5.32 Å². The monoisotopic (exact) mass is 406 g/mol. The first kappa shape index (κ1) is 19.3. The SMILES string of the molecule is O=C(Nc1ccccc1F)N1CCOC2(CN(Cc3nccs3)CCCO2)C1. The zero-order valence-electron chi connectivity index (χ0n) is 15.5. The number of ether oxygens (including phenoxy) is 2. The van der Waals surface area contributed by atoms with Crippen LogP contribution in [0.4, 0.5) is 14.9 Å². The molecule has 0 bridgehead atoms. The van der Waals surface area contributed by atoms with E-state index >= 15 is 0 Å². The van der Waals surface area contributed by atoms with E-state index in [2.05, 4.69) is 15.2 Å². The molecular formula is C19H23FN4O3S. The van der Waals surface area contributed by atoms with Crippen LogP contribution in [0.1, 0.15) is 11.4 Å². The normalized spacial score (nSPS) is 23.5. The topological polar surface area (TPSA) is 66.9 Å². The Bertz CT molecular complexity index is 806. The molecule has 4 rings (SSSR count). The van der Waals surface area contributed by atoms with Gasteiger partial charge in [0, 0.05) is 24.7 Å². The van der Waals surface area contributed by atoms with E-state index in [0.29, 0.717) is 32.8 Å². The van der Waals surface area contributed by atoms with Crippen molar-refractivity contribution < 1.29 is 18.7 Å². The van der Waals surface area contributed by atoms with Gasteiger partial charge in [-0.05, 0) is 18.6 Å². The molecule has 1 aromatic heterocycles. The maximum Gasteiger partial charge on any atom is 0.322 e. The van der Waals surface area contributed by atoms with Crippen molar-refractivity contribution in [3.63, 3.8) is 0 Å². The van der Waals surface area contributed by atoms with Gasteiger partial charge in [-0.15, -0.1) is 11.3 Å². The van der Waals surface area contributed by atoms with Crippen molar-refractivity contribution in [2.45, 2.75) is 18.8 Å². The van der Waals surface area contributed by atoms with Crippen LogP contribution in [0, 0.1) is 5.82 Å². The molecule has 7 nitrogen and oxygen atoms in total. The van der Waals surface area contributed by atoms with Crippen LogP contribution in [-0.4, -0.2) is 66.0 Å². The van der Waals surface area contributed by atoms with Crippen molar-refractivity contribution in [2.75, 3.05) is 44.7 Å². The van der Waals surface area contributed by atoms with E-state index in [0.717, 1.165) is 24.5 Å². The Morgan fingerprint density at radius 2 is 2.11 bits per heavy atom. The number of hydrogen-bond donors (Lipinski definition) is 1. The average molecular weight is 406 g/mol. The van der Waals surface area contributed by atoms with E-state index in [1.807, 2.05) is 5.38 Å². The number of halogens is 1. The lowest BCUT2D eigenvalue weighted by Gasteiger charge is -2.43. The van der Waals surface area contributed by atoms with Crippen LogP contribution >= 0.6 is 11.3 Å². The van der Waals surface area contributed by atoms with Crippen LogP contribution in [-0.2, 0) is 16.0 Å². The lowest BCUT2D eigenvalue weighted by molar-refractivity contribution is -0.260. The maximum absolute atomic E-state index is 13.9. The molecule has 2 aliphatic rings. The molecule has 2 aliphatic heterocycles. The Morgan fingerprint density at radius 3 is 2.93 bits per heavy atom. The van der Waals surface area contributed by atoms with Crippen LogP contribution in [0.15, 0.2) is 35.8 Å². The molecule has 0 aliphatic carbocycles. The Labute approximate surface area is 167 Å². The van der Waals surface area contributed by atoms with Crippen molar-refractivity contribution in [3.05, 3.63) is 46.7 Å². The number of thiazole rings is 1. The molecule has 2 amide bonds. The highest BCUT2D eigenvalue weighted by Crippen LogP contribution is 2.26. The predicted molar refractivity (Wildman–Crippen MR) is 104 cm³/mol. The zero-order valence-corrected chi connectivity index (χ0v) is 16.3. The molecule has 1 N–H and O–H groups in total. The number of rotatable bonds is 3. The lowest BCUT2D eigenvalue weighted by Crippen LogP contribution is -2.59. The fraction of sp³-hybridized carbons (Fsp3) is 0.474. The molecule has 0 radical (unpaired) electrons. The van der Waals surface area contributed by atoms with E-state index in [9.17, 15) is 9.18 Å². The second-order valence-corrected chi connectivity index (χ2v) is 7.91. The summed E-state index contributed by atoms with van der Waals surface area (Å²) in [6.07, 6.45) is 2.69. The molecule has 28 heavy (non-hydrogen) atoms. The fourth-order valence-corrected chi connectivity index (χ4v) is 4.20. The van der Waals surface area contributed by atoms with Gasteiger partial charge < -0.3 is 19.7 Å². The van der Waals surface area contributed by atoms with Crippen molar-refractivity contribution in [1.29, 1.82) is 0 Å². The molecule has 2 aromatic rings. The summed E-state index contributed by atoms with van der Waals surface area (Å²) in [5, 5.41) is 5.65. The van der Waals surface area contributed by atoms with Gasteiger partial charge in [0.15, 0.2) is 5.79 Å². The van der Waals surface area contributed by atoms with E-state index in [1.165, 1.54) is 6.07 Å². The van der Waals surface area contributed by atoms with Gasteiger partial charge in [0.2, 0.25) is 0 Å². The number of hydrogen-bond acceptors (Lipinski definition) is 6. The summed E-state index contributed by atoms with van der Waals surface area (Å²) in [6, 6.07) is 5.78. The number of anilines is 1. The van der Waals surface area contributed by atoms with Gasteiger partial charge in [0.1, 0.15) is 10.8 Å². The first-order valence-electron chi connectivity index (χ1n) is 9.33. The minimum atomic E-state index is -0.876. The van der Waals surface area contributed by atoms with Crippen LogP contribution in [0.2, 0.25) is 0 Å². The molecule has 1 atom stereocenters. The smallest absolute Gasteiger partial charge is 0.322 e. The number of carbonyl (C=O) groups excluding carboxylic acids is 1. The van der Waals surface area contributed by atoms with E-state index < -0.39 is 11.6 Å². The Balaban J connectivity index is 1.43. The molecule has 1 unspecified atom stereocenters. The number of nitrogens with one attached hydrogen (secondary N) is 1. The second kappa shape index (κ2) is 8.52. The molecule has 2 fully saturated rings. The fourth-order valence-electron chi connectivity index (χ4n) is 3.54. The molecular weight excluding hydrogens is 383 g/mol. The first-order chi connectivity index (χ1) is 13.6. The molecule has 2 saturated heterocycles. The minimum absolute atomic E-state index is 0.167. The quantitative estimate of drug-likeness (QED) is 0.849. The highest BCUT2D eigenvalue weighted by molar-refractivity contribution is 7.09. The van der Waals surface area contributed by atoms with Crippen molar-refractivity contribution in [3.8, 4) is 0 Å².